The third-order valence-corrected chi connectivity index (χ3v) is 7.69. The van der Waals surface area contributed by atoms with Crippen LogP contribution in [0.4, 0.5) is 5.69 Å². The molecule has 0 spiro atoms. The van der Waals surface area contributed by atoms with Gasteiger partial charge in [-0.3, -0.25) is 14.9 Å². The zero-order valence-electron chi connectivity index (χ0n) is 22.9. The van der Waals surface area contributed by atoms with Gasteiger partial charge in [0.2, 0.25) is 5.82 Å². The quantitative estimate of drug-likeness (QED) is 0.0984. The molecular weight excluding hydrogens is 624 g/mol. The van der Waals surface area contributed by atoms with Crippen LogP contribution in [0.3, 0.4) is 0 Å². The lowest BCUT2D eigenvalue weighted by Gasteiger charge is -2.12. The first-order chi connectivity index (χ1) is 21.4. The number of nitro benzene ring substituents is 1. The molecule has 0 bridgehead atoms. The number of hydrogen-bond donors (Lipinski definition) is 0. The van der Waals surface area contributed by atoms with Crippen molar-refractivity contribution in [1.29, 1.82) is 0 Å². The fourth-order valence-electron chi connectivity index (χ4n) is 5.09. The lowest BCUT2D eigenvalue weighted by atomic mass is 10.0. The van der Waals surface area contributed by atoms with Gasteiger partial charge in [0.05, 0.1) is 22.0 Å². The van der Waals surface area contributed by atoms with E-state index in [0.717, 1.165) is 20.6 Å². The normalized spacial score (nSPS) is 11.6. The van der Waals surface area contributed by atoms with Gasteiger partial charge in [0, 0.05) is 27.6 Å². The van der Waals surface area contributed by atoms with Crippen LogP contribution >= 0.6 is 15.9 Å². The summed E-state index contributed by atoms with van der Waals surface area (Å²) in [6.45, 7) is 0.0954. The van der Waals surface area contributed by atoms with Crippen molar-refractivity contribution in [2.45, 2.75) is 6.61 Å². The summed E-state index contributed by atoms with van der Waals surface area (Å²) in [6.07, 6.45) is 1.58. The summed E-state index contributed by atoms with van der Waals surface area (Å²) in [5.41, 5.74) is 2.07. The molecule has 2 heterocycles. The van der Waals surface area contributed by atoms with E-state index in [-0.39, 0.29) is 23.7 Å². The van der Waals surface area contributed by atoms with Crippen molar-refractivity contribution in [2.75, 3.05) is 0 Å². The number of fused-ring (bicyclic) bond motifs is 3. The van der Waals surface area contributed by atoms with E-state index in [1.165, 1.54) is 16.8 Å². The molecule has 0 amide bonds. The maximum absolute atomic E-state index is 13.8. The van der Waals surface area contributed by atoms with Crippen molar-refractivity contribution in [1.82, 2.24) is 9.66 Å². The minimum atomic E-state index is -0.439. The molecule has 10 heteroatoms. The second-order valence-electron chi connectivity index (χ2n) is 10.0. The van der Waals surface area contributed by atoms with Crippen molar-refractivity contribution < 1.29 is 14.1 Å². The summed E-state index contributed by atoms with van der Waals surface area (Å²) < 4.78 is 14.4. The van der Waals surface area contributed by atoms with E-state index >= 15 is 0 Å². The van der Waals surface area contributed by atoms with Crippen LogP contribution in [-0.4, -0.2) is 20.8 Å². The number of aromatic nitrogens is 2. The predicted molar refractivity (Wildman–Crippen MR) is 173 cm³/mol. The summed E-state index contributed by atoms with van der Waals surface area (Å²) in [4.78, 5) is 29.4. The third kappa shape index (κ3) is 5.12. The van der Waals surface area contributed by atoms with E-state index < -0.39 is 4.92 Å². The van der Waals surface area contributed by atoms with Crippen molar-refractivity contribution >= 4 is 60.5 Å². The fourth-order valence-corrected chi connectivity index (χ4v) is 5.46. The minimum absolute atomic E-state index is 0.0138. The first-order valence-electron chi connectivity index (χ1n) is 13.6. The summed E-state index contributed by atoms with van der Waals surface area (Å²) >= 11 is 3.49. The summed E-state index contributed by atoms with van der Waals surface area (Å²) in [5, 5.41) is 19.0. The van der Waals surface area contributed by atoms with Crippen molar-refractivity contribution in [3.63, 3.8) is 0 Å². The number of halogens is 1. The number of rotatable bonds is 7. The zero-order valence-corrected chi connectivity index (χ0v) is 24.5. The van der Waals surface area contributed by atoms with Crippen LogP contribution in [0, 0.1) is 10.1 Å². The van der Waals surface area contributed by atoms with Crippen LogP contribution in [0.15, 0.2) is 128 Å². The molecule has 7 aromatic rings. The first kappa shape index (κ1) is 27.2. The molecule has 0 aliphatic rings. The van der Waals surface area contributed by atoms with Gasteiger partial charge in [0.25, 0.3) is 11.2 Å². The maximum Gasteiger partial charge on any atom is 0.282 e. The molecule has 214 valence electrons. The summed E-state index contributed by atoms with van der Waals surface area (Å²) in [6, 6.07) is 32.4. The molecule has 0 radical (unpaired) electrons. The number of benzene rings is 5. The Bertz CT molecular complexity index is 2330. The first-order valence-corrected chi connectivity index (χ1v) is 14.4. The Morgan fingerprint density at radius 3 is 2.59 bits per heavy atom. The Hall–Kier alpha value is -5.61. The zero-order chi connectivity index (χ0) is 30.2. The van der Waals surface area contributed by atoms with Crippen LogP contribution in [0.25, 0.3) is 44.2 Å². The largest absolute Gasteiger partial charge is 0.488 e. The standard InChI is InChI=1S/C34H21BrN4O5/c35-24-13-15-30-23(17-24)18-32(44-30)33-37-29-11-4-3-10-27(29)34(40)38(33)36-19-28-26-9-2-1-7-22(26)12-14-31(28)43-20-21-6-5-8-25(16-21)39(41)42/h1-19H,20H2. The Kier molecular flexibility index (Phi) is 6.95. The van der Waals surface area contributed by atoms with Gasteiger partial charge in [0.1, 0.15) is 17.9 Å². The van der Waals surface area contributed by atoms with E-state index in [0.29, 0.717) is 39.1 Å². The lowest BCUT2D eigenvalue weighted by Crippen LogP contribution is -2.20. The number of hydrogen-bond acceptors (Lipinski definition) is 7. The van der Waals surface area contributed by atoms with E-state index in [1.54, 1.807) is 36.5 Å². The maximum atomic E-state index is 13.8. The lowest BCUT2D eigenvalue weighted by molar-refractivity contribution is -0.384. The number of non-ortho nitro benzene ring substituents is 1. The number of nitro groups is 1. The van der Waals surface area contributed by atoms with E-state index in [4.69, 9.17) is 14.1 Å². The van der Waals surface area contributed by atoms with Crippen molar-refractivity contribution in [3.8, 4) is 17.3 Å². The molecule has 7 rings (SSSR count). The predicted octanol–water partition coefficient (Wildman–Crippen LogP) is 8.09. The highest BCUT2D eigenvalue weighted by molar-refractivity contribution is 9.10. The highest BCUT2D eigenvalue weighted by atomic mass is 79.9. The molecule has 0 saturated carbocycles. The SMILES string of the molecule is O=c1c2ccccc2nc(-c2cc3cc(Br)ccc3o2)n1N=Cc1c(OCc2cccc([N+](=O)[O-])c2)ccc2ccccc12. The Morgan fingerprint density at radius 1 is 0.909 bits per heavy atom. The molecule has 0 unspecified atom stereocenters. The Morgan fingerprint density at radius 2 is 1.73 bits per heavy atom. The average Bonchev–Trinajstić information content (AvgIpc) is 3.46. The molecule has 44 heavy (non-hydrogen) atoms. The van der Waals surface area contributed by atoms with E-state index in [2.05, 4.69) is 21.0 Å². The van der Waals surface area contributed by atoms with Gasteiger partial charge in [-0.15, -0.1) is 0 Å². The number of para-hydroxylation sites is 1. The number of furan rings is 1. The second kappa shape index (κ2) is 11.2. The van der Waals surface area contributed by atoms with Crippen LogP contribution in [0.5, 0.6) is 5.75 Å². The minimum Gasteiger partial charge on any atom is -0.488 e. The summed E-state index contributed by atoms with van der Waals surface area (Å²) in [7, 11) is 0. The van der Waals surface area contributed by atoms with Gasteiger partial charge < -0.3 is 9.15 Å². The van der Waals surface area contributed by atoms with Gasteiger partial charge in [-0.25, -0.2) is 4.98 Å². The van der Waals surface area contributed by atoms with Gasteiger partial charge in [-0.2, -0.15) is 9.78 Å². The monoisotopic (exact) mass is 644 g/mol. The second-order valence-corrected chi connectivity index (χ2v) is 10.9. The Balaban J connectivity index is 1.36. The topological polar surface area (TPSA) is 113 Å². The molecular formula is C34H21BrN4O5. The van der Waals surface area contributed by atoms with Gasteiger partial charge >= 0.3 is 0 Å². The van der Waals surface area contributed by atoms with Crippen LogP contribution in [-0.2, 0) is 6.61 Å². The van der Waals surface area contributed by atoms with E-state index in [9.17, 15) is 14.9 Å². The summed E-state index contributed by atoms with van der Waals surface area (Å²) in [5.74, 6) is 1.13. The van der Waals surface area contributed by atoms with E-state index in [1.807, 2.05) is 66.7 Å². The average molecular weight is 645 g/mol. The molecule has 9 nitrogen and oxygen atoms in total. The molecule has 0 aliphatic carbocycles. The molecule has 2 aromatic heterocycles. The number of nitrogens with zero attached hydrogens (tertiary/aromatic N) is 4. The van der Waals surface area contributed by atoms with Gasteiger partial charge in [-0.1, -0.05) is 70.5 Å². The highest BCUT2D eigenvalue weighted by Crippen LogP contribution is 2.31. The van der Waals surface area contributed by atoms with Gasteiger partial charge in [0.15, 0.2) is 5.76 Å². The van der Waals surface area contributed by atoms with Crippen molar-refractivity contribution in [2.24, 2.45) is 5.10 Å². The van der Waals surface area contributed by atoms with Crippen LogP contribution < -0.4 is 10.3 Å². The fraction of sp³-hybridized carbons (Fsp3) is 0.0294. The molecule has 0 aliphatic heterocycles. The smallest absolute Gasteiger partial charge is 0.282 e. The van der Waals surface area contributed by atoms with Gasteiger partial charge in [-0.05, 0) is 58.8 Å². The third-order valence-electron chi connectivity index (χ3n) is 7.20. The molecule has 0 atom stereocenters. The molecule has 0 saturated heterocycles. The van der Waals surface area contributed by atoms with Crippen LogP contribution in [0.1, 0.15) is 11.1 Å². The molecule has 0 fully saturated rings. The molecule has 0 N–H and O–H groups in total. The number of ether oxygens (including phenoxy) is 1. The highest BCUT2D eigenvalue weighted by Gasteiger charge is 2.17. The Labute approximate surface area is 257 Å². The molecule has 5 aromatic carbocycles. The van der Waals surface area contributed by atoms with Crippen LogP contribution in [0.2, 0.25) is 0 Å². The van der Waals surface area contributed by atoms with Crippen molar-refractivity contribution in [3.05, 3.63) is 145 Å².